The van der Waals surface area contributed by atoms with E-state index in [4.69, 9.17) is 9.26 Å². The highest BCUT2D eigenvalue weighted by molar-refractivity contribution is 14.0. The number of nitrogens with zero attached hydrogens (tertiary/aromatic N) is 4. The Kier molecular flexibility index (Phi) is 9.54. The van der Waals surface area contributed by atoms with Crippen molar-refractivity contribution < 1.29 is 9.26 Å². The van der Waals surface area contributed by atoms with Gasteiger partial charge in [-0.15, -0.1) is 24.0 Å². The molecule has 0 atom stereocenters. The number of aliphatic imine (C=N–C) groups is 1. The van der Waals surface area contributed by atoms with Crippen molar-refractivity contribution in [3.05, 3.63) is 42.0 Å². The van der Waals surface area contributed by atoms with Gasteiger partial charge < -0.3 is 19.5 Å². The predicted molar refractivity (Wildman–Crippen MR) is 118 cm³/mol. The molecular formula is C19H30IN5O2. The number of benzene rings is 1. The molecule has 0 saturated carbocycles. The van der Waals surface area contributed by atoms with Gasteiger partial charge in [-0.1, -0.05) is 44.1 Å². The van der Waals surface area contributed by atoms with E-state index in [9.17, 15) is 0 Å². The maximum atomic E-state index is 5.74. The van der Waals surface area contributed by atoms with E-state index in [1.165, 1.54) is 0 Å². The zero-order chi connectivity index (χ0) is 19.0. The number of aromatic nitrogens is 2. The van der Waals surface area contributed by atoms with E-state index in [1.54, 1.807) is 0 Å². The Bertz CT molecular complexity index is 698. The molecule has 0 spiro atoms. The highest BCUT2D eigenvalue weighted by atomic mass is 127. The van der Waals surface area contributed by atoms with E-state index in [1.807, 2.05) is 70.0 Å². The summed E-state index contributed by atoms with van der Waals surface area (Å²) >= 11 is 0. The highest BCUT2D eigenvalue weighted by Crippen LogP contribution is 2.19. The number of para-hydroxylation sites is 1. The summed E-state index contributed by atoms with van der Waals surface area (Å²) in [5.74, 6) is 2.85. The largest absolute Gasteiger partial charge is 0.492 e. The van der Waals surface area contributed by atoms with E-state index in [0.29, 0.717) is 31.4 Å². The molecule has 8 heteroatoms. The molecule has 0 aliphatic heterocycles. The minimum absolute atomic E-state index is 0. The molecule has 0 aliphatic rings. The summed E-state index contributed by atoms with van der Waals surface area (Å²) in [5.41, 5.74) is -0.162. The quantitative estimate of drug-likeness (QED) is 0.366. The smallest absolute Gasteiger partial charge is 0.232 e. The summed E-state index contributed by atoms with van der Waals surface area (Å²) < 4.78 is 11.1. The van der Waals surface area contributed by atoms with Crippen molar-refractivity contribution in [3.63, 3.8) is 0 Å². The number of rotatable bonds is 7. The SMILES string of the molecule is CCNC(=NCc1noc(C(C)(C)C)n1)N(C)CCOc1ccccc1.I. The highest BCUT2D eigenvalue weighted by Gasteiger charge is 2.21. The molecule has 0 aliphatic carbocycles. The second-order valence-electron chi connectivity index (χ2n) is 7.02. The van der Waals surface area contributed by atoms with Gasteiger partial charge in [0, 0.05) is 19.0 Å². The van der Waals surface area contributed by atoms with Crippen LogP contribution in [0.15, 0.2) is 39.8 Å². The third-order valence-electron chi connectivity index (χ3n) is 3.62. The molecule has 2 aromatic rings. The van der Waals surface area contributed by atoms with Crippen molar-refractivity contribution in [2.24, 2.45) is 4.99 Å². The third-order valence-corrected chi connectivity index (χ3v) is 3.62. The van der Waals surface area contributed by atoms with E-state index in [0.717, 1.165) is 18.3 Å². The Morgan fingerprint density at radius 3 is 2.56 bits per heavy atom. The van der Waals surface area contributed by atoms with Gasteiger partial charge in [-0.05, 0) is 19.1 Å². The molecule has 1 aromatic carbocycles. The van der Waals surface area contributed by atoms with Gasteiger partial charge in [0.05, 0.1) is 6.54 Å². The molecule has 1 N–H and O–H groups in total. The lowest BCUT2D eigenvalue weighted by molar-refractivity contribution is 0.281. The second kappa shape index (κ2) is 11.1. The van der Waals surface area contributed by atoms with Crippen molar-refractivity contribution >= 4 is 29.9 Å². The number of hydrogen-bond acceptors (Lipinski definition) is 5. The topological polar surface area (TPSA) is 75.8 Å². The summed E-state index contributed by atoms with van der Waals surface area (Å²) in [6.45, 7) is 10.6. The summed E-state index contributed by atoms with van der Waals surface area (Å²) in [6, 6.07) is 9.78. The standard InChI is InChI=1S/C19H29N5O2.HI/c1-6-20-18(21-14-16-22-17(26-23-16)19(2,3)4)24(5)12-13-25-15-10-8-7-9-11-15;/h7-11H,6,12-14H2,1-5H3,(H,20,21);1H. The summed E-state index contributed by atoms with van der Waals surface area (Å²) in [4.78, 5) is 11.0. The molecule has 27 heavy (non-hydrogen) atoms. The lowest BCUT2D eigenvalue weighted by Gasteiger charge is -2.21. The Morgan fingerprint density at radius 1 is 1.26 bits per heavy atom. The molecule has 0 unspecified atom stereocenters. The van der Waals surface area contributed by atoms with Crippen LogP contribution in [0.4, 0.5) is 0 Å². The van der Waals surface area contributed by atoms with Crippen LogP contribution in [0.25, 0.3) is 0 Å². The fourth-order valence-electron chi connectivity index (χ4n) is 2.16. The average Bonchev–Trinajstić information content (AvgIpc) is 3.09. The Labute approximate surface area is 178 Å². The van der Waals surface area contributed by atoms with Crippen LogP contribution in [0.1, 0.15) is 39.4 Å². The monoisotopic (exact) mass is 487 g/mol. The van der Waals surface area contributed by atoms with Crippen LogP contribution in [-0.4, -0.2) is 47.7 Å². The Morgan fingerprint density at radius 2 is 1.96 bits per heavy atom. The molecule has 0 radical (unpaired) electrons. The van der Waals surface area contributed by atoms with Gasteiger partial charge in [-0.2, -0.15) is 4.98 Å². The minimum Gasteiger partial charge on any atom is -0.492 e. The van der Waals surface area contributed by atoms with Gasteiger partial charge in [-0.25, -0.2) is 4.99 Å². The van der Waals surface area contributed by atoms with Crippen LogP contribution in [0.3, 0.4) is 0 Å². The van der Waals surface area contributed by atoms with Crippen LogP contribution in [0, 0.1) is 0 Å². The zero-order valence-electron chi connectivity index (χ0n) is 16.7. The first-order valence-corrected chi connectivity index (χ1v) is 8.90. The molecule has 150 valence electrons. The third kappa shape index (κ3) is 7.74. The van der Waals surface area contributed by atoms with Gasteiger partial charge >= 0.3 is 0 Å². The maximum Gasteiger partial charge on any atom is 0.232 e. The summed E-state index contributed by atoms with van der Waals surface area (Å²) in [6.07, 6.45) is 0. The number of guanidine groups is 1. The first-order valence-electron chi connectivity index (χ1n) is 8.90. The van der Waals surface area contributed by atoms with E-state index < -0.39 is 0 Å². The zero-order valence-corrected chi connectivity index (χ0v) is 19.1. The van der Waals surface area contributed by atoms with Crippen molar-refractivity contribution in [1.82, 2.24) is 20.4 Å². The van der Waals surface area contributed by atoms with E-state index >= 15 is 0 Å². The van der Waals surface area contributed by atoms with Crippen molar-refractivity contribution in [2.75, 3.05) is 26.7 Å². The number of hydrogen-bond donors (Lipinski definition) is 1. The Hall–Kier alpha value is -1.84. The number of ether oxygens (including phenoxy) is 1. The first-order chi connectivity index (χ1) is 12.4. The fraction of sp³-hybridized carbons (Fsp3) is 0.526. The lowest BCUT2D eigenvalue weighted by atomic mass is 9.97. The number of likely N-dealkylation sites (N-methyl/N-ethyl adjacent to an activating group) is 1. The average molecular weight is 487 g/mol. The van der Waals surface area contributed by atoms with Crippen LogP contribution >= 0.6 is 24.0 Å². The molecule has 0 saturated heterocycles. The lowest BCUT2D eigenvalue weighted by Crippen LogP contribution is -2.40. The maximum absolute atomic E-state index is 5.74. The van der Waals surface area contributed by atoms with Gasteiger partial charge in [0.15, 0.2) is 11.8 Å². The molecule has 2 rings (SSSR count). The van der Waals surface area contributed by atoms with Gasteiger partial charge in [0.1, 0.15) is 18.9 Å². The number of halogens is 1. The van der Waals surface area contributed by atoms with Crippen LogP contribution in [-0.2, 0) is 12.0 Å². The molecular weight excluding hydrogens is 457 g/mol. The molecule has 1 heterocycles. The van der Waals surface area contributed by atoms with Crippen LogP contribution < -0.4 is 10.1 Å². The molecule has 7 nitrogen and oxygen atoms in total. The van der Waals surface area contributed by atoms with Crippen molar-refractivity contribution in [3.8, 4) is 5.75 Å². The minimum atomic E-state index is -0.162. The second-order valence-corrected chi connectivity index (χ2v) is 7.02. The predicted octanol–water partition coefficient (Wildman–Crippen LogP) is 3.46. The molecule has 0 fully saturated rings. The Balaban J connectivity index is 0.00000364. The van der Waals surface area contributed by atoms with Gasteiger partial charge in [0.2, 0.25) is 5.89 Å². The van der Waals surface area contributed by atoms with E-state index in [2.05, 4.69) is 20.4 Å². The van der Waals surface area contributed by atoms with E-state index in [-0.39, 0.29) is 29.4 Å². The molecule has 0 amide bonds. The van der Waals surface area contributed by atoms with Crippen molar-refractivity contribution in [1.29, 1.82) is 0 Å². The molecule has 1 aromatic heterocycles. The summed E-state index contributed by atoms with van der Waals surface area (Å²) in [5, 5.41) is 7.28. The fourth-order valence-corrected chi connectivity index (χ4v) is 2.16. The first kappa shape index (κ1) is 23.2. The van der Waals surface area contributed by atoms with Gasteiger partial charge in [0.25, 0.3) is 0 Å². The van der Waals surface area contributed by atoms with Crippen molar-refractivity contribution in [2.45, 2.75) is 39.7 Å². The van der Waals surface area contributed by atoms with Crippen LogP contribution in [0.5, 0.6) is 5.75 Å². The normalized spacial score (nSPS) is 11.7. The molecule has 0 bridgehead atoms. The van der Waals surface area contributed by atoms with Gasteiger partial charge in [-0.3, -0.25) is 0 Å². The summed E-state index contributed by atoms with van der Waals surface area (Å²) in [7, 11) is 1.98. The number of nitrogens with one attached hydrogen (secondary N) is 1. The van der Waals surface area contributed by atoms with Crippen LogP contribution in [0.2, 0.25) is 0 Å².